The number of nitrogens with two attached hydrogens (primary N) is 1. The quantitative estimate of drug-likeness (QED) is 0.681. The number of nitrogens with zero attached hydrogens (tertiary/aromatic N) is 2. The summed E-state index contributed by atoms with van der Waals surface area (Å²) in [5, 5.41) is 7.25. The van der Waals surface area contributed by atoms with Crippen LogP contribution in [0.5, 0.6) is 0 Å². The van der Waals surface area contributed by atoms with Crippen molar-refractivity contribution in [1.82, 2.24) is 15.2 Å². The van der Waals surface area contributed by atoms with E-state index in [4.69, 9.17) is 5.73 Å². The van der Waals surface area contributed by atoms with Gasteiger partial charge in [-0.25, -0.2) is 4.98 Å². The average Bonchev–Trinajstić information content (AvgIpc) is 3.04. The van der Waals surface area contributed by atoms with Gasteiger partial charge >= 0.3 is 0 Å². The predicted octanol–water partition coefficient (Wildman–Crippen LogP) is 3.51. The fourth-order valence-electron chi connectivity index (χ4n) is 2.59. The molecule has 24 heavy (non-hydrogen) atoms. The van der Waals surface area contributed by atoms with E-state index < -0.39 is 0 Å². The highest BCUT2D eigenvalue weighted by atomic mass is 79.9. The molecule has 6 heteroatoms. The summed E-state index contributed by atoms with van der Waals surface area (Å²) < 4.78 is 0.995. The summed E-state index contributed by atoms with van der Waals surface area (Å²) in [4.78, 5) is 16.0. The van der Waals surface area contributed by atoms with E-state index in [0.29, 0.717) is 11.4 Å². The molecule has 0 unspecified atom stereocenters. The van der Waals surface area contributed by atoms with Crippen molar-refractivity contribution in [2.24, 2.45) is 5.73 Å². The lowest BCUT2D eigenvalue weighted by atomic mass is 10.0. The lowest BCUT2D eigenvalue weighted by Crippen LogP contribution is -2.13. The smallest absolute Gasteiger partial charge is 0.248 e. The molecule has 0 saturated carbocycles. The third-order valence-electron chi connectivity index (χ3n) is 3.76. The summed E-state index contributed by atoms with van der Waals surface area (Å²) >= 11 is 3.45. The van der Waals surface area contributed by atoms with Crippen LogP contribution >= 0.6 is 15.9 Å². The van der Waals surface area contributed by atoms with Crippen LogP contribution in [0.15, 0.2) is 53.0 Å². The maximum absolute atomic E-state index is 11.4. The van der Waals surface area contributed by atoms with Gasteiger partial charge in [0, 0.05) is 22.0 Å². The number of amides is 1. The number of halogens is 1. The molecule has 3 N–H and O–H groups in total. The number of hydrogen-bond acceptors (Lipinski definition) is 3. The Morgan fingerprint density at radius 1 is 1.12 bits per heavy atom. The molecule has 1 heterocycles. The molecular weight excluding hydrogens is 368 g/mol. The molecule has 1 amide bonds. The van der Waals surface area contributed by atoms with Crippen molar-refractivity contribution in [1.29, 1.82) is 0 Å². The van der Waals surface area contributed by atoms with Gasteiger partial charge in [0.1, 0.15) is 5.82 Å². The van der Waals surface area contributed by atoms with E-state index in [-0.39, 0.29) is 5.91 Å². The van der Waals surface area contributed by atoms with Crippen LogP contribution in [0.3, 0.4) is 0 Å². The van der Waals surface area contributed by atoms with Crippen molar-refractivity contribution in [2.75, 3.05) is 0 Å². The summed E-state index contributed by atoms with van der Waals surface area (Å²) in [6.07, 6.45) is 2.39. The first-order valence-corrected chi connectivity index (χ1v) is 8.48. The van der Waals surface area contributed by atoms with Crippen LogP contribution in [-0.4, -0.2) is 21.1 Å². The fourth-order valence-corrected chi connectivity index (χ4v) is 2.99. The molecule has 0 aliphatic heterocycles. The Morgan fingerprint density at radius 3 is 2.75 bits per heavy atom. The van der Waals surface area contributed by atoms with Crippen LogP contribution in [0.2, 0.25) is 0 Å². The van der Waals surface area contributed by atoms with E-state index in [0.717, 1.165) is 40.7 Å². The molecule has 3 rings (SSSR count). The number of H-pyrrole nitrogens is 1. The molecule has 2 aromatic carbocycles. The Hall–Kier alpha value is -2.47. The summed E-state index contributed by atoms with van der Waals surface area (Å²) in [7, 11) is 0. The van der Waals surface area contributed by atoms with Crippen LogP contribution in [0.1, 0.15) is 28.2 Å². The molecule has 3 aromatic rings. The van der Waals surface area contributed by atoms with Gasteiger partial charge in [-0.2, -0.15) is 5.10 Å². The monoisotopic (exact) mass is 384 g/mol. The van der Waals surface area contributed by atoms with Crippen LogP contribution in [0.4, 0.5) is 0 Å². The van der Waals surface area contributed by atoms with Crippen molar-refractivity contribution in [3.05, 3.63) is 70.0 Å². The Morgan fingerprint density at radius 2 is 1.96 bits per heavy atom. The van der Waals surface area contributed by atoms with Crippen molar-refractivity contribution in [3.63, 3.8) is 0 Å². The molecule has 5 nitrogen and oxygen atoms in total. The number of hydrogen-bond donors (Lipinski definition) is 2. The number of aromatic amines is 1. The third-order valence-corrected chi connectivity index (χ3v) is 4.25. The van der Waals surface area contributed by atoms with E-state index in [9.17, 15) is 4.79 Å². The van der Waals surface area contributed by atoms with Gasteiger partial charge < -0.3 is 5.73 Å². The number of aryl methyl sites for hydroxylation is 2. The molecule has 0 radical (unpaired) electrons. The van der Waals surface area contributed by atoms with E-state index in [1.54, 1.807) is 6.07 Å². The second-order valence-electron chi connectivity index (χ2n) is 5.49. The number of carbonyl (C=O) groups excluding carboxylic acids is 1. The van der Waals surface area contributed by atoms with Gasteiger partial charge in [0.05, 0.1) is 0 Å². The SMILES string of the molecule is NC(=O)c1ccccc1CCCc1nc(-c2cccc(Br)c2)n[nH]1. The second kappa shape index (κ2) is 7.40. The summed E-state index contributed by atoms with van der Waals surface area (Å²) in [5.41, 5.74) is 7.93. The van der Waals surface area contributed by atoms with Crippen LogP contribution in [0, 0.1) is 0 Å². The number of benzene rings is 2. The van der Waals surface area contributed by atoms with E-state index in [1.807, 2.05) is 42.5 Å². The lowest BCUT2D eigenvalue weighted by molar-refractivity contribution is 0.0999. The number of primary amides is 1. The highest BCUT2D eigenvalue weighted by Gasteiger charge is 2.09. The molecule has 0 spiro atoms. The van der Waals surface area contributed by atoms with Crippen molar-refractivity contribution in [2.45, 2.75) is 19.3 Å². The standard InChI is InChI=1S/C18H17BrN4O/c19-14-8-3-7-13(11-14)18-21-16(22-23-18)10-4-6-12-5-1-2-9-15(12)17(20)24/h1-3,5,7-9,11H,4,6,10H2,(H2,20,24)(H,21,22,23). The first-order valence-electron chi connectivity index (χ1n) is 7.68. The molecule has 122 valence electrons. The minimum atomic E-state index is -0.387. The Labute approximate surface area is 148 Å². The van der Waals surface area contributed by atoms with Gasteiger partial charge in [-0.15, -0.1) is 0 Å². The van der Waals surface area contributed by atoms with E-state index >= 15 is 0 Å². The first-order chi connectivity index (χ1) is 11.6. The van der Waals surface area contributed by atoms with Gasteiger partial charge in [0.2, 0.25) is 5.91 Å². The van der Waals surface area contributed by atoms with Gasteiger partial charge in [-0.1, -0.05) is 46.3 Å². The Balaban J connectivity index is 1.63. The highest BCUT2D eigenvalue weighted by Crippen LogP contribution is 2.20. The predicted molar refractivity (Wildman–Crippen MR) is 96.5 cm³/mol. The fraction of sp³-hybridized carbons (Fsp3) is 0.167. The molecule has 0 bridgehead atoms. The average molecular weight is 385 g/mol. The lowest BCUT2D eigenvalue weighted by Gasteiger charge is -2.05. The van der Waals surface area contributed by atoms with Gasteiger partial charge in [0.25, 0.3) is 0 Å². The number of nitrogens with one attached hydrogen (secondary N) is 1. The Kier molecular flexibility index (Phi) is 5.05. The number of carbonyl (C=O) groups is 1. The minimum Gasteiger partial charge on any atom is -0.366 e. The van der Waals surface area contributed by atoms with Gasteiger partial charge in [-0.05, 0) is 36.6 Å². The first kappa shape index (κ1) is 16.4. The second-order valence-corrected chi connectivity index (χ2v) is 6.41. The van der Waals surface area contributed by atoms with Crippen molar-refractivity contribution < 1.29 is 4.79 Å². The molecule has 0 atom stereocenters. The Bertz CT molecular complexity index is 859. The summed E-state index contributed by atoms with van der Waals surface area (Å²) in [6.45, 7) is 0. The number of rotatable bonds is 6. The van der Waals surface area contributed by atoms with Gasteiger partial charge in [-0.3, -0.25) is 9.89 Å². The molecule has 0 saturated heterocycles. The zero-order valence-corrected chi connectivity index (χ0v) is 14.6. The normalized spacial score (nSPS) is 10.7. The van der Waals surface area contributed by atoms with Crippen molar-refractivity contribution in [3.8, 4) is 11.4 Å². The van der Waals surface area contributed by atoms with E-state index in [2.05, 4.69) is 31.1 Å². The van der Waals surface area contributed by atoms with E-state index in [1.165, 1.54) is 0 Å². The molecular formula is C18H17BrN4O. The maximum Gasteiger partial charge on any atom is 0.248 e. The summed E-state index contributed by atoms with van der Waals surface area (Å²) in [6, 6.07) is 15.3. The molecule has 1 aromatic heterocycles. The highest BCUT2D eigenvalue weighted by molar-refractivity contribution is 9.10. The molecule has 0 aliphatic carbocycles. The topological polar surface area (TPSA) is 84.7 Å². The zero-order chi connectivity index (χ0) is 16.9. The maximum atomic E-state index is 11.4. The van der Waals surface area contributed by atoms with Crippen LogP contribution in [0.25, 0.3) is 11.4 Å². The summed E-state index contributed by atoms with van der Waals surface area (Å²) in [5.74, 6) is 1.13. The zero-order valence-electron chi connectivity index (χ0n) is 13.0. The van der Waals surface area contributed by atoms with Gasteiger partial charge in [0.15, 0.2) is 5.82 Å². The van der Waals surface area contributed by atoms with Crippen molar-refractivity contribution >= 4 is 21.8 Å². The minimum absolute atomic E-state index is 0.387. The van der Waals surface area contributed by atoms with Crippen LogP contribution in [-0.2, 0) is 12.8 Å². The largest absolute Gasteiger partial charge is 0.366 e. The van der Waals surface area contributed by atoms with Crippen LogP contribution < -0.4 is 5.73 Å². The third kappa shape index (κ3) is 3.89. The molecule has 0 aliphatic rings. The molecule has 0 fully saturated rings. The number of aromatic nitrogens is 3.